The molecule has 176 valence electrons. The second-order valence-corrected chi connectivity index (χ2v) is 10.7. The third-order valence-corrected chi connectivity index (χ3v) is 5.49. The van der Waals surface area contributed by atoms with Crippen LogP contribution in [0.2, 0.25) is 0 Å². The number of hydrogen-bond acceptors (Lipinski definition) is 8. The minimum Gasteiger partial charge on any atom is -0.378 e. The van der Waals surface area contributed by atoms with E-state index in [4.69, 9.17) is 0 Å². The lowest BCUT2D eigenvalue weighted by Gasteiger charge is -2.13. The van der Waals surface area contributed by atoms with Gasteiger partial charge >= 0.3 is 0 Å². The van der Waals surface area contributed by atoms with E-state index in [1.54, 1.807) is 29.0 Å². The first kappa shape index (κ1) is 23.2. The molecule has 0 amide bonds. The van der Waals surface area contributed by atoms with E-state index in [-0.39, 0.29) is 12.1 Å². The molecule has 4 rings (SSSR count). The van der Waals surface area contributed by atoms with Gasteiger partial charge in [0.1, 0.15) is 5.39 Å². The average Bonchev–Trinajstić information content (AvgIpc) is 3.04. The van der Waals surface area contributed by atoms with E-state index in [9.17, 15) is 9.00 Å². The Balaban J connectivity index is 1.84. The largest absolute Gasteiger partial charge is 0.378 e. The standard InChI is InChI=1S/C23H26N8O2S/c1-6-14-30-22(32)18-15-24-23(25-16-10-12-17(13-11-16)29(2)3)27-21(18)31(30)20-9-7-8-19(26-20)28-34(4,5)33/h6-13,15H,1,14H2,2-5H3,(H,24,25,27). The number of rotatable bonds is 7. The molecule has 0 aliphatic carbocycles. The van der Waals surface area contributed by atoms with Crippen molar-refractivity contribution in [1.82, 2.24) is 24.3 Å². The highest BCUT2D eigenvalue weighted by Crippen LogP contribution is 2.21. The first-order valence-corrected chi connectivity index (χ1v) is 12.8. The molecule has 0 bridgehead atoms. The molecule has 11 heteroatoms. The summed E-state index contributed by atoms with van der Waals surface area (Å²) < 4.78 is 19.4. The predicted molar refractivity (Wildman–Crippen MR) is 137 cm³/mol. The van der Waals surface area contributed by atoms with Gasteiger partial charge in [0.2, 0.25) is 5.95 Å². The fraction of sp³-hybridized carbons (Fsp3) is 0.217. The Morgan fingerprint density at radius 2 is 1.88 bits per heavy atom. The summed E-state index contributed by atoms with van der Waals surface area (Å²) in [6.45, 7) is 4.00. The number of nitrogens with one attached hydrogen (secondary N) is 1. The van der Waals surface area contributed by atoms with Crippen molar-refractivity contribution < 1.29 is 4.21 Å². The lowest BCUT2D eigenvalue weighted by molar-refractivity contribution is 0.597. The summed E-state index contributed by atoms with van der Waals surface area (Å²) in [6, 6.07) is 13.0. The number of pyridine rings is 1. The van der Waals surface area contributed by atoms with Gasteiger partial charge in [-0.15, -0.1) is 6.58 Å². The molecule has 34 heavy (non-hydrogen) atoms. The van der Waals surface area contributed by atoms with Gasteiger partial charge in [-0.2, -0.15) is 9.35 Å². The van der Waals surface area contributed by atoms with Crippen LogP contribution in [0.25, 0.3) is 16.9 Å². The van der Waals surface area contributed by atoms with E-state index in [0.717, 1.165) is 11.4 Å². The van der Waals surface area contributed by atoms with Crippen molar-refractivity contribution in [3.8, 4) is 5.82 Å². The molecule has 0 aliphatic heterocycles. The summed E-state index contributed by atoms with van der Waals surface area (Å²) in [7, 11) is 1.55. The summed E-state index contributed by atoms with van der Waals surface area (Å²) in [4.78, 5) is 28.6. The van der Waals surface area contributed by atoms with Gasteiger partial charge in [0, 0.05) is 53.9 Å². The van der Waals surface area contributed by atoms with Crippen LogP contribution < -0.4 is 15.8 Å². The van der Waals surface area contributed by atoms with Gasteiger partial charge in [0.25, 0.3) is 5.56 Å². The van der Waals surface area contributed by atoms with Crippen molar-refractivity contribution in [1.29, 1.82) is 0 Å². The summed E-state index contributed by atoms with van der Waals surface area (Å²) in [5.41, 5.74) is 1.99. The highest BCUT2D eigenvalue weighted by atomic mass is 32.2. The SMILES string of the molecule is C=CCn1c(=O)c2cnc(Nc3ccc(N(C)C)cc3)nc2n1-c1cccc(N=S(C)(C)=O)n1. The number of benzene rings is 1. The molecule has 0 aliphatic rings. The average molecular weight is 479 g/mol. The monoisotopic (exact) mass is 478 g/mol. The Labute approximate surface area is 197 Å². The van der Waals surface area contributed by atoms with Gasteiger partial charge in [-0.25, -0.2) is 23.5 Å². The second kappa shape index (κ2) is 9.10. The van der Waals surface area contributed by atoms with Crippen LogP contribution in [0.4, 0.5) is 23.1 Å². The number of hydrogen-bond donors (Lipinski definition) is 1. The molecular formula is C23H26N8O2S. The van der Waals surface area contributed by atoms with Crippen LogP contribution in [0.15, 0.2) is 70.5 Å². The Bertz CT molecular complexity index is 1540. The number of anilines is 3. The molecule has 0 unspecified atom stereocenters. The number of fused-ring (bicyclic) bond motifs is 1. The van der Waals surface area contributed by atoms with Crippen LogP contribution in [0.3, 0.4) is 0 Å². The maximum absolute atomic E-state index is 13.1. The summed E-state index contributed by atoms with van der Waals surface area (Å²) in [5, 5.41) is 3.52. The van der Waals surface area contributed by atoms with Crippen molar-refractivity contribution >= 4 is 43.9 Å². The minimum atomic E-state index is -2.40. The zero-order valence-electron chi connectivity index (χ0n) is 19.5. The normalized spacial score (nSPS) is 11.4. The van der Waals surface area contributed by atoms with Gasteiger partial charge in [-0.1, -0.05) is 12.1 Å². The lowest BCUT2D eigenvalue weighted by Crippen LogP contribution is -2.22. The van der Waals surface area contributed by atoms with E-state index in [1.807, 2.05) is 43.3 Å². The van der Waals surface area contributed by atoms with Crippen LogP contribution in [0.5, 0.6) is 0 Å². The van der Waals surface area contributed by atoms with Crippen LogP contribution in [-0.2, 0) is 16.3 Å². The fourth-order valence-corrected chi connectivity index (χ4v) is 3.94. The van der Waals surface area contributed by atoms with Crippen LogP contribution in [0.1, 0.15) is 0 Å². The molecule has 0 saturated carbocycles. The van der Waals surface area contributed by atoms with Gasteiger partial charge in [0.15, 0.2) is 17.3 Å². The Morgan fingerprint density at radius 1 is 1.15 bits per heavy atom. The molecule has 0 saturated heterocycles. The van der Waals surface area contributed by atoms with Crippen LogP contribution in [-0.4, -0.2) is 55.1 Å². The van der Waals surface area contributed by atoms with Crippen molar-refractivity contribution in [3.05, 3.63) is 71.7 Å². The highest BCUT2D eigenvalue weighted by molar-refractivity contribution is 7.92. The van der Waals surface area contributed by atoms with Gasteiger partial charge in [0.05, 0.1) is 6.54 Å². The van der Waals surface area contributed by atoms with E-state index < -0.39 is 9.73 Å². The van der Waals surface area contributed by atoms with Gasteiger partial charge < -0.3 is 10.2 Å². The molecule has 4 aromatic rings. The lowest BCUT2D eigenvalue weighted by atomic mass is 10.2. The molecular weight excluding hydrogens is 452 g/mol. The molecule has 0 fully saturated rings. The summed E-state index contributed by atoms with van der Waals surface area (Å²) in [5.74, 6) is 1.06. The maximum Gasteiger partial charge on any atom is 0.278 e. The van der Waals surface area contributed by atoms with Gasteiger partial charge in [-0.3, -0.25) is 4.79 Å². The molecule has 0 spiro atoms. The van der Waals surface area contributed by atoms with Gasteiger partial charge in [-0.05, 0) is 36.4 Å². The highest BCUT2D eigenvalue weighted by Gasteiger charge is 2.18. The van der Waals surface area contributed by atoms with E-state index in [2.05, 4.69) is 31.2 Å². The second-order valence-electron chi connectivity index (χ2n) is 8.11. The zero-order valence-corrected chi connectivity index (χ0v) is 20.3. The topological polar surface area (TPSA) is 110 Å². The Hall–Kier alpha value is -3.99. The van der Waals surface area contributed by atoms with Crippen molar-refractivity contribution in [2.24, 2.45) is 4.36 Å². The number of aromatic nitrogens is 5. The summed E-state index contributed by atoms with van der Waals surface area (Å²) in [6.07, 6.45) is 6.19. The van der Waals surface area contributed by atoms with Crippen molar-refractivity contribution in [3.63, 3.8) is 0 Å². The Kier molecular flexibility index (Phi) is 6.20. The van der Waals surface area contributed by atoms with E-state index in [0.29, 0.717) is 28.6 Å². The van der Waals surface area contributed by atoms with Crippen LogP contribution >= 0.6 is 0 Å². The maximum atomic E-state index is 13.1. The molecule has 1 N–H and O–H groups in total. The molecule has 0 radical (unpaired) electrons. The molecule has 1 aromatic carbocycles. The third-order valence-electron chi connectivity index (χ3n) is 4.87. The fourth-order valence-electron chi connectivity index (χ4n) is 3.39. The summed E-state index contributed by atoms with van der Waals surface area (Å²) >= 11 is 0. The van der Waals surface area contributed by atoms with Crippen LogP contribution in [0, 0.1) is 0 Å². The minimum absolute atomic E-state index is 0.241. The molecule has 10 nitrogen and oxygen atoms in total. The van der Waals surface area contributed by atoms with E-state index in [1.165, 1.54) is 23.4 Å². The quantitative estimate of drug-likeness (QED) is 0.406. The zero-order chi connectivity index (χ0) is 24.5. The third kappa shape index (κ3) is 4.84. The molecule has 3 aromatic heterocycles. The number of allylic oxidation sites excluding steroid dienone is 1. The number of nitrogens with zero attached hydrogens (tertiary/aromatic N) is 7. The predicted octanol–water partition coefficient (Wildman–Crippen LogP) is 3.33. The smallest absolute Gasteiger partial charge is 0.278 e. The van der Waals surface area contributed by atoms with Crippen molar-refractivity contribution in [2.75, 3.05) is 36.8 Å². The Morgan fingerprint density at radius 3 is 2.53 bits per heavy atom. The molecule has 0 atom stereocenters. The molecule has 3 heterocycles. The van der Waals surface area contributed by atoms with Crippen molar-refractivity contribution in [2.45, 2.75) is 6.54 Å². The first-order valence-electron chi connectivity index (χ1n) is 10.4. The first-order chi connectivity index (χ1) is 16.2. The van der Waals surface area contributed by atoms with E-state index >= 15 is 0 Å².